The summed E-state index contributed by atoms with van der Waals surface area (Å²) in [7, 11) is 0. The number of phenolic OH excluding ortho intramolecular Hbond substituents is 1. The Balaban J connectivity index is 2.42. The molecule has 4 heteroatoms. The van der Waals surface area contributed by atoms with E-state index in [1.54, 1.807) is 6.07 Å². The smallest absolute Gasteiger partial charge is 0.303 e. The van der Waals surface area contributed by atoms with Gasteiger partial charge in [-0.2, -0.15) is 0 Å². The lowest BCUT2D eigenvalue weighted by atomic mass is 10.0. The van der Waals surface area contributed by atoms with Gasteiger partial charge in [-0.05, 0) is 47.0 Å². The van der Waals surface area contributed by atoms with Gasteiger partial charge in [0.05, 0.1) is 0 Å². The summed E-state index contributed by atoms with van der Waals surface area (Å²) in [5.41, 5.74) is 0.665. The van der Waals surface area contributed by atoms with Gasteiger partial charge < -0.3 is 10.2 Å². The highest BCUT2D eigenvalue weighted by Gasteiger charge is 2.06. The molecule has 0 aliphatic heterocycles. The lowest BCUT2D eigenvalue weighted by Crippen LogP contribution is -1.97. The summed E-state index contributed by atoms with van der Waals surface area (Å²) >= 11 is 3.38. The van der Waals surface area contributed by atoms with Crippen molar-refractivity contribution >= 4 is 32.7 Å². The van der Waals surface area contributed by atoms with E-state index in [9.17, 15) is 9.90 Å². The third-order valence-electron chi connectivity index (χ3n) is 2.61. The second-order valence-electron chi connectivity index (χ2n) is 3.87. The molecule has 2 N–H and O–H groups in total. The van der Waals surface area contributed by atoms with Crippen LogP contribution in [-0.4, -0.2) is 16.2 Å². The summed E-state index contributed by atoms with van der Waals surface area (Å²) in [5, 5.41) is 20.3. The van der Waals surface area contributed by atoms with Crippen molar-refractivity contribution in [2.24, 2.45) is 0 Å². The van der Waals surface area contributed by atoms with E-state index < -0.39 is 5.97 Å². The van der Waals surface area contributed by atoms with Crippen molar-refractivity contribution in [2.45, 2.75) is 12.8 Å². The van der Waals surface area contributed by atoms with Gasteiger partial charge >= 0.3 is 5.97 Å². The summed E-state index contributed by atoms with van der Waals surface area (Å²) in [6, 6.07) is 9.25. The van der Waals surface area contributed by atoms with E-state index in [1.807, 2.05) is 24.3 Å². The van der Waals surface area contributed by atoms with E-state index in [2.05, 4.69) is 15.9 Å². The standard InChI is InChI=1S/C13H11BrO3/c14-11-3-1-8-7-12(15)9(2-4-13(16)17)5-10(8)6-11/h1,3,5-7,15H,2,4H2,(H,16,17). The minimum atomic E-state index is -0.862. The monoisotopic (exact) mass is 294 g/mol. The number of aliphatic carboxylic acids is 1. The number of hydrogen-bond donors (Lipinski definition) is 2. The highest BCUT2D eigenvalue weighted by Crippen LogP contribution is 2.28. The minimum absolute atomic E-state index is 0.0209. The van der Waals surface area contributed by atoms with E-state index in [1.165, 1.54) is 0 Å². The van der Waals surface area contributed by atoms with Crippen LogP contribution in [0.5, 0.6) is 5.75 Å². The number of aromatic hydroxyl groups is 1. The third-order valence-corrected chi connectivity index (χ3v) is 3.10. The van der Waals surface area contributed by atoms with Gasteiger partial charge in [0.1, 0.15) is 5.75 Å². The average molecular weight is 295 g/mol. The summed E-state index contributed by atoms with van der Waals surface area (Å²) in [6.07, 6.45) is 0.358. The summed E-state index contributed by atoms with van der Waals surface area (Å²) < 4.78 is 0.958. The first-order valence-electron chi connectivity index (χ1n) is 5.19. The fourth-order valence-electron chi connectivity index (χ4n) is 1.75. The zero-order chi connectivity index (χ0) is 12.4. The zero-order valence-corrected chi connectivity index (χ0v) is 10.6. The molecule has 0 bridgehead atoms. The number of phenols is 1. The Bertz CT molecular complexity index is 578. The molecule has 0 saturated heterocycles. The van der Waals surface area contributed by atoms with Gasteiger partial charge in [-0.3, -0.25) is 4.79 Å². The Labute approximate surface area is 107 Å². The number of carbonyl (C=O) groups is 1. The van der Waals surface area contributed by atoms with Crippen LogP contribution in [0.2, 0.25) is 0 Å². The van der Waals surface area contributed by atoms with Crippen molar-refractivity contribution in [2.75, 3.05) is 0 Å². The maximum Gasteiger partial charge on any atom is 0.303 e. The highest BCUT2D eigenvalue weighted by atomic mass is 79.9. The van der Waals surface area contributed by atoms with Crippen molar-refractivity contribution in [1.29, 1.82) is 0 Å². The first kappa shape index (κ1) is 11.9. The molecule has 2 rings (SSSR count). The van der Waals surface area contributed by atoms with Crippen molar-refractivity contribution in [3.63, 3.8) is 0 Å². The fourth-order valence-corrected chi connectivity index (χ4v) is 2.12. The van der Waals surface area contributed by atoms with E-state index in [4.69, 9.17) is 5.11 Å². The van der Waals surface area contributed by atoms with E-state index >= 15 is 0 Å². The van der Waals surface area contributed by atoms with Crippen LogP contribution in [0.1, 0.15) is 12.0 Å². The SMILES string of the molecule is O=C(O)CCc1cc2cc(Br)ccc2cc1O. The van der Waals surface area contributed by atoms with E-state index in [0.29, 0.717) is 12.0 Å². The summed E-state index contributed by atoms with van der Waals surface area (Å²) in [6.45, 7) is 0. The van der Waals surface area contributed by atoms with Gasteiger partial charge in [-0.1, -0.05) is 22.0 Å². The molecule has 0 aliphatic rings. The number of hydrogen-bond acceptors (Lipinski definition) is 2. The molecule has 17 heavy (non-hydrogen) atoms. The number of halogens is 1. The second-order valence-corrected chi connectivity index (χ2v) is 4.78. The maximum absolute atomic E-state index is 10.5. The molecular formula is C13H11BrO3. The third kappa shape index (κ3) is 2.77. The van der Waals surface area contributed by atoms with Crippen molar-refractivity contribution in [3.05, 3.63) is 40.4 Å². The Hall–Kier alpha value is -1.55. The number of benzene rings is 2. The summed E-state index contributed by atoms with van der Waals surface area (Å²) in [4.78, 5) is 10.5. The number of aryl methyl sites for hydroxylation is 1. The van der Waals surface area contributed by atoms with Crippen LogP contribution < -0.4 is 0 Å². The molecule has 0 spiro atoms. The maximum atomic E-state index is 10.5. The normalized spacial score (nSPS) is 10.6. The quantitative estimate of drug-likeness (QED) is 0.913. The Kier molecular flexibility index (Phi) is 3.33. The van der Waals surface area contributed by atoms with Gasteiger partial charge in [0.2, 0.25) is 0 Å². The van der Waals surface area contributed by atoms with Crippen molar-refractivity contribution < 1.29 is 15.0 Å². The second kappa shape index (κ2) is 4.75. The average Bonchev–Trinajstić information content (AvgIpc) is 2.26. The molecule has 0 radical (unpaired) electrons. The molecule has 0 aromatic heterocycles. The van der Waals surface area contributed by atoms with Crippen LogP contribution in [0.15, 0.2) is 34.8 Å². The van der Waals surface area contributed by atoms with E-state index in [-0.39, 0.29) is 12.2 Å². The molecule has 0 aliphatic carbocycles. The number of rotatable bonds is 3. The predicted octanol–water partition coefficient (Wildman–Crippen LogP) is 3.33. The Morgan fingerprint density at radius 2 is 1.94 bits per heavy atom. The first-order valence-corrected chi connectivity index (χ1v) is 5.98. The van der Waals surface area contributed by atoms with Gasteiger partial charge in [-0.15, -0.1) is 0 Å². The zero-order valence-electron chi connectivity index (χ0n) is 8.98. The van der Waals surface area contributed by atoms with E-state index in [0.717, 1.165) is 15.2 Å². The molecule has 0 unspecified atom stereocenters. The summed E-state index contributed by atoms with van der Waals surface area (Å²) in [5.74, 6) is -0.709. The van der Waals surface area contributed by atoms with Crippen LogP contribution in [0.25, 0.3) is 10.8 Å². The van der Waals surface area contributed by atoms with Crippen LogP contribution in [-0.2, 0) is 11.2 Å². The molecule has 3 nitrogen and oxygen atoms in total. The van der Waals surface area contributed by atoms with Crippen LogP contribution in [0.3, 0.4) is 0 Å². The molecule has 88 valence electrons. The van der Waals surface area contributed by atoms with Crippen LogP contribution >= 0.6 is 15.9 Å². The molecule has 0 amide bonds. The molecule has 0 fully saturated rings. The topological polar surface area (TPSA) is 57.5 Å². The van der Waals surface area contributed by atoms with Gasteiger partial charge in [0.25, 0.3) is 0 Å². The molecule has 0 heterocycles. The Morgan fingerprint density at radius 1 is 1.18 bits per heavy atom. The van der Waals surface area contributed by atoms with Crippen molar-refractivity contribution in [1.82, 2.24) is 0 Å². The fraction of sp³-hybridized carbons (Fsp3) is 0.154. The predicted molar refractivity (Wildman–Crippen MR) is 69.3 cm³/mol. The Morgan fingerprint density at radius 3 is 2.65 bits per heavy atom. The van der Waals surface area contributed by atoms with Gasteiger partial charge in [0.15, 0.2) is 0 Å². The number of fused-ring (bicyclic) bond motifs is 1. The number of carboxylic acid groups (broad SMARTS) is 1. The van der Waals surface area contributed by atoms with Gasteiger partial charge in [0, 0.05) is 10.9 Å². The van der Waals surface area contributed by atoms with Crippen LogP contribution in [0, 0.1) is 0 Å². The molecule has 0 saturated carbocycles. The lowest BCUT2D eigenvalue weighted by Gasteiger charge is -2.06. The minimum Gasteiger partial charge on any atom is -0.508 e. The molecule has 0 atom stereocenters. The van der Waals surface area contributed by atoms with Gasteiger partial charge in [-0.25, -0.2) is 0 Å². The highest BCUT2D eigenvalue weighted by molar-refractivity contribution is 9.10. The molecule has 2 aromatic rings. The molecular weight excluding hydrogens is 284 g/mol. The van der Waals surface area contributed by atoms with Crippen LogP contribution in [0.4, 0.5) is 0 Å². The number of carboxylic acids is 1. The van der Waals surface area contributed by atoms with Crippen molar-refractivity contribution in [3.8, 4) is 5.75 Å². The first-order chi connectivity index (χ1) is 8.06. The largest absolute Gasteiger partial charge is 0.508 e. The lowest BCUT2D eigenvalue weighted by molar-refractivity contribution is -0.136. The molecule has 2 aromatic carbocycles.